The first-order chi connectivity index (χ1) is 14.0. The summed E-state index contributed by atoms with van der Waals surface area (Å²) in [6.45, 7) is 5.81. The van der Waals surface area contributed by atoms with Crippen molar-refractivity contribution in [3.63, 3.8) is 0 Å². The number of nitrogens with one attached hydrogen (secondary N) is 2. The van der Waals surface area contributed by atoms with Crippen molar-refractivity contribution in [1.82, 2.24) is 15.5 Å². The van der Waals surface area contributed by atoms with Crippen molar-refractivity contribution < 1.29 is 13.9 Å². The zero-order chi connectivity index (χ0) is 20.6. The molecule has 8 heteroatoms. The average molecular weight is 530 g/mol. The highest BCUT2D eigenvalue weighted by molar-refractivity contribution is 14.0. The van der Waals surface area contributed by atoms with E-state index in [1.165, 1.54) is 24.3 Å². The van der Waals surface area contributed by atoms with E-state index in [0.717, 1.165) is 44.6 Å². The highest BCUT2D eigenvalue weighted by atomic mass is 127. The molecule has 0 radical (unpaired) electrons. The first-order valence-corrected chi connectivity index (χ1v) is 10.0. The lowest BCUT2D eigenvalue weighted by Crippen LogP contribution is -2.48. The molecule has 1 heterocycles. The summed E-state index contributed by atoms with van der Waals surface area (Å²) in [5, 5.41) is 16.0. The third-order valence-electron chi connectivity index (χ3n) is 5.02. The van der Waals surface area contributed by atoms with Gasteiger partial charge in [0.05, 0.1) is 6.54 Å². The van der Waals surface area contributed by atoms with Crippen LogP contribution in [-0.4, -0.2) is 41.6 Å². The lowest BCUT2D eigenvalue weighted by molar-refractivity contribution is 0.198. The van der Waals surface area contributed by atoms with Crippen LogP contribution in [0.3, 0.4) is 0 Å². The van der Waals surface area contributed by atoms with E-state index < -0.39 is 5.82 Å². The summed E-state index contributed by atoms with van der Waals surface area (Å²) in [5.74, 6) is -0.487. The molecular weight excluding hydrogens is 501 g/mol. The summed E-state index contributed by atoms with van der Waals surface area (Å²) in [4.78, 5) is 6.91. The van der Waals surface area contributed by atoms with E-state index in [1.807, 2.05) is 19.1 Å². The van der Waals surface area contributed by atoms with Crippen LogP contribution < -0.4 is 10.6 Å². The second-order valence-electron chi connectivity index (χ2n) is 7.30. The minimum Gasteiger partial charge on any atom is -0.505 e. The second-order valence-corrected chi connectivity index (χ2v) is 7.30. The van der Waals surface area contributed by atoms with E-state index in [9.17, 15) is 13.9 Å². The molecule has 2 aromatic rings. The van der Waals surface area contributed by atoms with Crippen LogP contribution in [-0.2, 0) is 13.1 Å². The molecule has 30 heavy (non-hydrogen) atoms. The summed E-state index contributed by atoms with van der Waals surface area (Å²) in [6, 6.07) is 11.3. The maximum atomic E-state index is 13.5. The number of rotatable bonds is 6. The molecule has 0 spiro atoms. The SMILES string of the molecule is CCNC(=NCc1ccc(O)c(F)c1)NC1CCN(Cc2ccc(F)cc2)CC1.I. The standard InChI is InChI=1S/C22H28F2N4O.HI/c1-2-25-22(26-14-17-5-8-21(29)20(24)13-17)27-19-9-11-28(12-10-19)15-16-3-6-18(23)7-4-16;/h3-8,13,19,29H,2,9-12,14-15H2,1H3,(H2,25,26,27);1H. The van der Waals surface area contributed by atoms with Gasteiger partial charge in [-0.05, 0) is 55.2 Å². The predicted octanol–water partition coefficient (Wildman–Crippen LogP) is 4.01. The number of benzene rings is 2. The van der Waals surface area contributed by atoms with Gasteiger partial charge in [-0.15, -0.1) is 24.0 Å². The Morgan fingerprint density at radius 1 is 1.10 bits per heavy atom. The number of likely N-dealkylation sites (tertiary alicyclic amines) is 1. The maximum Gasteiger partial charge on any atom is 0.191 e. The van der Waals surface area contributed by atoms with Crippen molar-refractivity contribution in [3.8, 4) is 5.75 Å². The Hall–Kier alpha value is -1.94. The Bertz CT molecular complexity index is 824. The zero-order valence-corrected chi connectivity index (χ0v) is 19.4. The van der Waals surface area contributed by atoms with Gasteiger partial charge in [-0.25, -0.2) is 13.8 Å². The first-order valence-electron chi connectivity index (χ1n) is 10.0. The van der Waals surface area contributed by atoms with Crippen molar-refractivity contribution in [2.45, 2.75) is 38.9 Å². The van der Waals surface area contributed by atoms with Crippen LogP contribution in [0.25, 0.3) is 0 Å². The number of guanidine groups is 1. The van der Waals surface area contributed by atoms with E-state index in [-0.39, 0.29) is 35.5 Å². The largest absolute Gasteiger partial charge is 0.505 e. The fraction of sp³-hybridized carbons (Fsp3) is 0.409. The Balaban J connectivity index is 0.00000320. The van der Waals surface area contributed by atoms with Gasteiger partial charge in [0.1, 0.15) is 5.82 Å². The molecule has 0 aromatic heterocycles. The van der Waals surface area contributed by atoms with Gasteiger partial charge in [0.2, 0.25) is 0 Å². The molecule has 5 nitrogen and oxygen atoms in total. The summed E-state index contributed by atoms with van der Waals surface area (Å²) in [5.41, 5.74) is 1.82. The van der Waals surface area contributed by atoms with Crippen molar-refractivity contribution in [1.29, 1.82) is 0 Å². The van der Waals surface area contributed by atoms with Gasteiger partial charge in [0.15, 0.2) is 17.5 Å². The van der Waals surface area contributed by atoms with Crippen LogP contribution >= 0.6 is 24.0 Å². The van der Waals surface area contributed by atoms with Crippen LogP contribution in [0.1, 0.15) is 30.9 Å². The predicted molar refractivity (Wildman–Crippen MR) is 126 cm³/mol. The monoisotopic (exact) mass is 530 g/mol. The number of aliphatic imine (C=N–C) groups is 1. The third-order valence-corrected chi connectivity index (χ3v) is 5.02. The van der Waals surface area contributed by atoms with E-state index in [4.69, 9.17) is 0 Å². The van der Waals surface area contributed by atoms with E-state index in [1.54, 1.807) is 6.07 Å². The van der Waals surface area contributed by atoms with Gasteiger partial charge in [-0.1, -0.05) is 18.2 Å². The third kappa shape index (κ3) is 7.39. The van der Waals surface area contributed by atoms with Crippen LogP contribution in [0.2, 0.25) is 0 Å². The number of hydrogen-bond acceptors (Lipinski definition) is 3. The van der Waals surface area contributed by atoms with Crippen molar-refractivity contribution in [3.05, 3.63) is 65.2 Å². The number of hydrogen-bond donors (Lipinski definition) is 3. The normalized spacial score (nSPS) is 15.5. The fourth-order valence-corrected chi connectivity index (χ4v) is 3.42. The van der Waals surface area contributed by atoms with Crippen LogP contribution in [0.5, 0.6) is 5.75 Å². The van der Waals surface area contributed by atoms with Crippen LogP contribution in [0, 0.1) is 11.6 Å². The molecule has 0 unspecified atom stereocenters. The lowest BCUT2D eigenvalue weighted by atomic mass is 10.0. The van der Waals surface area contributed by atoms with Gasteiger partial charge in [-0.3, -0.25) is 4.90 Å². The highest BCUT2D eigenvalue weighted by Gasteiger charge is 2.20. The Morgan fingerprint density at radius 2 is 1.77 bits per heavy atom. The van der Waals surface area contributed by atoms with Crippen molar-refractivity contribution in [2.75, 3.05) is 19.6 Å². The van der Waals surface area contributed by atoms with E-state index in [0.29, 0.717) is 24.1 Å². The van der Waals surface area contributed by atoms with E-state index >= 15 is 0 Å². The summed E-state index contributed by atoms with van der Waals surface area (Å²) >= 11 is 0. The number of aromatic hydroxyl groups is 1. The van der Waals surface area contributed by atoms with Crippen LogP contribution in [0.15, 0.2) is 47.5 Å². The Kier molecular flexibility index (Phi) is 9.77. The average Bonchev–Trinajstić information content (AvgIpc) is 2.72. The smallest absolute Gasteiger partial charge is 0.191 e. The summed E-state index contributed by atoms with van der Waals surface area (Å²) in [7, 11) is 0. The first kappa shape index (κ1) is 24.3. The molecule has 0 aliphatic carbocycles. The van der Waals surface area contributed by atoms with Gasteiger partial charge in [0, 0.05) is 32.2 Å². The number of phenolic OH excluding ortho intramolecular Hbond substituents is 1. The molecule has 0 amide bonds. The van der Waals surface area contributed by atoms with Gasteiger partial charge < -0.3 is 15.7 Å². The zero-order valence-electron chi connectivity index (χ0n) is 17.1. The molecule has 1 aliphatic heterocycles. The molecule has 1 aliphatic rings. The second kappa shape index (κ2) is 12.0. The maximum absolute atomic E-state index is 13.5. The quantitative estimate of drug-likeness (QED) is 0.300. The molecule has 164 valence electrons. The highest BCUT2D eigenvalue weighted by Crippen LogP contribution is 2.17. The lowest BCUT2D eigenvalue weighted by Gasteiger charge is -2.33. The molecule has 2 aromatic carbocycles. The van der Waals surface area contributed by atoms with Crippen LogP contribution in [0.4, 0.5) is 8.78 Å². The minimum absolute atomic E-state index is 0. The molecule has 0 atom stereocenters. The summed E-state index contributed by atoms with van der Waals surface area (Å²) in [6.07, 6.45) is 1.97. The fourth-order valence-electron chi connectivity index (χ4n) is 3.42. The number of nitrogens with zero attached hydrogens (tertiary/aromatic N) is 2. The minimum atomic E-state index is -0.635. The molecule has 3 rings (SSSR count). The van der Waals surface area contributed by atoms with Gasteiger partial charge in [0.25, 0.3) is 0 Å². The van der Waals surface area contributed by atoms with Gasteiger partial charge >= 0.3 is 0 Å². The van der Waals surface area contributed by atoms with Crippen molar-refractivity contribution in [2.24, 2.45) is 4.99 Å². The van der Waals surface area contributed by atoms with E-state index in [2.05, 4.69) is 20.5 Å². The Morgan fingerprint density at radius 3 is 2.40 bits per heavy atom. The molecule has 0 saturated carbocycles. The van der Waals surface area contributed by atoms with Crippen molar-refractivity contribution >= 4 is 29.9 Å². The van der Waals surface area contributed by atoms with Gasteiger partial charge in [-0.2, -0.15) is 0 Å². The Labute approximate surface area is 193 Å². The molecule has 3 N–H and O–H groups in total. The molecule has 0 bridgehead atoms. The number of piperidine rings is 1. The number of halogens is 3. The topological polar surface area (TPSA) is 59.9 Å². The molecule has 1 fully saturated rings. The molecular formula is C22H29F2IN4O. The summed E-state index contributed by atoms with van der Waals surface area (Å²) < 4.78 is 26.5. The number of phenols is 1. The molecule has 1 saturated heterocycles.